The van der Waals surface area contributed by atoms with E-state index in [4.69, 9.17) is 9.47 Å². The summed E-state index contributed by atoms with van der Waals surface area (Å²) in [6.45, 7) is 0. The van der Waals surface area contributed by atoms with Crippen molar-refractivity contribution < 1.29 is 19.1 Å². The maximum atomic E-state index is 12.2. The predicted octanol–water partition coefficient (Wildman–Crippen LogP) is 5.01. The Hall–Kier alpha value is -1.66. The third-order valence-corrected chi connectivity index (χ3v) is 5.17. The lowest BCUT2D eigenvalue weighted by Crippen LogP contribution is -2.25. The average molecular weight is 484 g/mol. The highest BCUT2D eigenvalue weighted by Crippen LogP contribution is 2.16. The number of hydrogen-bond acceptors (Lipinski definition) is 4. The molecule has 0 heterocycles. The van der Waals surface area contributed by atoms with Crippen LogP contribution in [0.4, 0.5) is 0 Å². The van der Waals surface area contributed by atoms with Crippen LogP contribution in [0.15, 0.2) is 60.7 Å². The molecule has 2 aromatic carbocycles. The minimum atomic E-state index is -0.355. The van der Waals surface area contributed by atoms with Crippen molar-refractivity contribution in [3.05, 3.63) is 71.8 Å². The predicted molar refractivity (Wildman–Crippen MR) is 108 cm³/mol. The van der Waals surface area contributed by atoms with Crippen molar-refractivity contribution in [3.8, 4) is 0 Å². The lowest BCUT2D eigenvalue weighted by molar-refractivity contribution is 0.0205. The minimum absolute atomic E-state index is 0.292. The van der Waals surface area contributed by atoms with Crippen LogP contribution < -0.4 is 0 Å². The SMILES string of the molecule is O=C(O[C@H](CBr)CC[C@@H](CBr)OC(=O)c1ccccc1)c1ccccc1. The molecule has 0 spiro atoms. The summed E-state index contributed by atoms with van der Waals surface area (Å²) in [5, 5.41) is 1.04. The normalized spacial score (nSPS) is 12.8. The fourth-order valence-corrected chi connectivity index (χ4v) is 3.21. The van der Waals surface area contributed by atoms with E-state index in [0.29, 0.717) is 34.6 Å². The third-order valence-electron chi connectivity index (χ3n) is 3.72. The van der Waals surface area contributed by atoms with E-state index in [2.05, 4.69) is 31.9 Å². The molecular weight excluding hydrogens is 464 g/mol. The summed E-state index contributed by atoms with van der Waals surface area (Å²) >= 11 is 6.76. The molecule has 0 aliphatic heterocycles. The zero-order valence-corrected chi connectivity index (χ0v) is 17.3. The molecular formula is C20H20Br2O4. The van der Waals surface area contributed by atoms with E-state index in [1.54, 1.807) is 48.5 Å². The molecule has 2 atom stereocenters. The van der Waals surface area contributed by atoms with Gasteiger partial charge in [0.05, 0.1) is 11.1 Å². The van der Waals surface area contributed by atoms with Gasteiger partial charge in [0.25, 0.3) is 0 Å². The fourth-order valence-electron chi connectivity index (χ4n) is 2.29. The molecule has 0 amide bonds. The number of benzene rings is 2. The quantitative estimate of drug-likeness (QED) is 0.371. The Bertz CT molecular complexity index is 630. The van der Waals surface area contributed by atoms with Crippen molar-refractivity contribution in [1.82, 2.24) is 0 Å². The summed E-state index contributed by atoms with van der Waals surface area (Å²) in [4.78, 5) is 24.3. The van der Waals surface area contributed by atoms with E-state index in [0.717, 1.165) is 0 Å². The summed E-state index contributed by atoms with van der Waals surface area (Å²) in [7, 11) is 0. The van der Waals surface area contributed by atoms with Gasteiger partial charge in [0.2, 0.25) is 0 Å². The third kappa shape index (κ3) is 6.57. The van der Waals surface area contributed by atoms with Crippen LogP contribution in [0.2, 0.25) is 0 Å². The standard InChI is InChI=1S/C20H20Br2O4/c21-13-17(25-19(23)15-7-3-1-4-8-15)11-12-18(14-22)26-20(24)16-9-5-2-6-10-16/h1-10,17-18H,11-14H2/t17-,18-/m0/s1. The highest BCUT2D eigenvalue weighted by Gasteiger charge is 2.20. The molecule has 0 N–H and O–H groups in total. The number of halogens is 2. The van der Waals surface area contributed by atoms with E-state index >= 15 is 0 Å². The molecule has 0 bridgehead atoms. The Morgan fingerprint density at radius 1 is 0.692 bits per heavy atom. The van der Waals surface area contributed by atoms with Crippen molar-refractivity contribution >= 4 is 43.8 Å². The maximum Gasteiger partial charge on any atom is 0.338 e. The van der Waals surface area contributed by atoms with Crippen molar-refractivity contribution in [3.63, 3.8) is 0 Å². The molecule has 0 saturated heterocycles. The largest absolute Gasteiger partial charge is 0.458 e. The number of rotatable bonds is 9. The molecule has 6 heteroatoms. The summed E-state index contributed by atoms with van der Waals surface area (Å²) in [6.07, 6.45) is 0.587. The molecule has 2 rings (SSSR count). The van der Waals surface area contributed by atoms with E-state index in [1.165, 1.54) is 0 Å². The lowest BCUT2D eigenvalue weighted by atomic mass is 10.1. The van der Waals surface area contributed by atoms with Crippen molar-refractivity contribution in [1.29, 1.82) is 0 Å². The highest BCUT2D eigenvalue weighted by molar-refractivity contribution is 9.09. The number of carbonyl (C=O) groups excluding carboxylic acids is 2. The van der Waals surface area contributed by atoms with Gasteiger partial charge in [0.15, 0.2) is 0 Å². The van der Waals surface area contributed by atoms with E-state index in [9.17, 15) is 9.59 Å². The first-order valence-corrected chi connectivity index (χ1v) is 10.5. The van der Waals surface area contributed by atoms with Crippen LogP contribution in [-0.2, 0) is 9.47 Å². The van der Waals surface area contributed by atoms with Gasteiger partial charge in [-0.2, -0.15) is 0 Å². The second-order valence-electron chi connectivity index (χ2n) is 5.67. The summed E-state index contributed by atoms with van der Waals surface area (Å²) < 4.78 is 11.1. The molecule has 0 unspecified atom stereocenters. The van der Waals surface area contributed by atoms with Crippen LogP contribution in [0.3, 0.4) is 0 Å². The van der Waals surface area contributed by atoms with Gasteiger partial charge < -0.3 is 9.47 Å². The van der Waals surface area contributed by atoms with Crippen LogP contribution in [0.1, 0.15) is 33.6 Å². The molecule has 0 aliphatic rings. The zero-order valence-electron chi connectivity index (χ0n) is 14.1. The van der Waals surface area contributed by atoms with Gasteiger partial charge in [-0.1, -0.05) is 68.3 Å². The molecule has 26 heavy (non-hydrogen) atoms. The molecule has 2 aromatic rings. The second kappa shape index (κ2) is 11.1. The fraction of sp³-hybridized carbons (Fsp3) is 0.300. The number of ether oxygens (including phenoxy) is 2. The van der Waals surface area contributed by atoms with Crippen LogP contribution in [0.5, 0.6) is 0 Å². The molecule has 0 aromatic heterocycles. The minimum Gasteiger partial charge on any atom is -0.458 e. The van der Waals surface area contributed by atoms with Gasteiger partial charge in [0.1, 0.15) is 12.2 Å². The lowest BCUT2D eigenvalue weighted by Gasteiger charge is -2.20. The van der Waals surface area contributed by atoms with E-state index in [-0.39, 0.29) is 24.1 Å². The smallest absolute Gasteiger partial charge is 0.338 e. The molecule has 138 valence electrons. The van der Waals surface area contributed by atoms with Gasteiger partial charge in [-0.3, -0.25) is 0 Å². The van der Waals surface area contributed by atoms with Crippen LogP contribution in [0, 0.1) is 0 Å². The van der Waals surface area contributed by atoms with Gasteiger partial charge in [-0.25, -0.2) is 9.59 Å². The first-order valence-electron chi connectivity index (χ1n) is 8.28. The van der Waals surface area contributed by atoms with Crippen molar-refractivity contribution in [2.24, 2.45) is 0 Å². The summed E-state index contributed by atoms with van der Waals surface area (Å²) in [6, 6.07) is 17.8. The number of esters is 2. The van der Waals surface area contributed by atoms with Crippen LogP contribution >= 0.6 is 31.9 Å². The summed E-state index contributed by atoms with van der Waals surface area (Å²) in [5.41, 5.74) is 1.04. The van der Waals surface area contributed by atoms with Gasteiger partial charge in [-0.05, 0) is 37.1 Å². The van der Waals surface area contributed by atoms with Crippen LogP contribution in [0.25, 0.3) is 0 Å². The number of carbonyl (C=O) groups is 2. The van der Waals surface area contributed by atoms with Gasteiger partial charge in [-0.15, -0.1) is 0 Å². The Balaban J connectivity index is 1.85. The first-order chi connectivity index (χ1) is 12.6. The Morgan fingerprint density at radius 2 is 1.04 bits per heavy atom. The monoisotopic (exact) mass is 482 g/mol. The van der Waals surface area contributed by atoms with Gasteiger partial charge >= 0.3 is 11.9 Å². The highest BCUT2D eigenvalue weighted by atomic mass is 79.9. The maximum absolute atomic E-state index is 12.2. The number of alkyl halides is 2. The second-order valence-corrected chi connectivity index (χ2v) is 6.97. The van der Waals surface area contributed by atoms with E-state index < -0.39 is 0 Å². The molecule has 0 radical (unpaired) electrons. The van der Waals surface area contributed by atoms with Crippen LogP contribution in [-0.4, -0.2) is 34.8 Å². The molecule has 0 saturated carbocycles. The van der Waals surface area contributed by atoms with E-state index in [1.807, 2.05) is 12.1 Å². The number of hydrogen-bond donors (Lipinski definition) is 0. The molecule has 0 aliphatic carbocycles. The topological polar surface area (TPSA) is 52.6 Å². The summed E-state index contributed by atoms with van der Waals surface area (Å²) in [5.74, 6) is -0.710. The average Bonchev–Trinajstić information content (AvgIpc) is 2.70. The van der Waals surface area contributed by atoms with Gasteiger partial charge in [0, 0.05) is 10.7 Å². The first kappa shape index (κ1) is 20.6. The van der Waals surface area contributed by atoms with Crippen molar-refractivity contribution in [2.45, 2.75) is 25.0 Å². The Labute approximate surface area is 170 Å². The Kier molecular flexibility index (Phi) is 8.85. The zero-order chi connectivity index (χ0) is 18.8. The van der Waals surface area contributed by atoms with Crippen molar-refractivity contribution in [2.75, 3.05) is 10.7 Å². The molecule has 0 fully saturated rings. The Morgan fingerprint density at radius 3 is 1.35 bits per heavy atom. The molecule has 4 nitrogen and oxygen atoms in total.